The summed E-state index contributed by atoms with van der Waals surface area (Å²) in [6.07, 6.45) is -4.46. The Labute approximate surface area is 83.1 Å². The number of nitrogen functional groups attached to an aromatic ring is 1. The van der Waals surface area contributed by atoms with Crippen LogP contribution in [0, 0.1) is 6.92 Å². The quantitative estimate of drug-likeness (QED) is 0.663. The highest BCUT2D eigenvalue weighted by molar-refractivity contribution is 5.80. The van der Waals surface area contributed by atoms with Crippen LogP contribution in [0.3, 0.4) is 0 Å². The summed E-state index contributed by atoms with van der Waals surface area (Å²) in [6, 6.07) is 2.98. The molecule has 3 nitrogen and oxygen atoms in total. The third kappa shape index (κ3) is 1.62. The molecule has 0 saturated carbocycles. The van der Waals surface area contributed by atoms with Gasteiger partial charge in [-0.15, -0.1) is 0 Å². The molecule has 0 aliphatic carbocycles. The predicted octanol–water partition coefficient (Wildman–Crippen LogP) is 2.47. The molecule has 0 aliphatic heterocycles. The predicted molar refractivity (Wildman–Crippen MR) is 50.2 cm³/mol. The van der Waals surface area contributed by atoms with Crippen LogP contribution in [0.2, 0.25) is 0 Å². The second-order valence-electron chi connectivity index (χ2n) is 3.31. The SMILES string of the molecule is Cc1cc2[nH]c(C(F)(F)F)nc2cc1N. The van der Waals surface area contributed by atoms with Gasteiger partial charge in [0.05, 0.1) is 11.0 Å². The summed E-state index contributed by atoms with van der Waals surface area (Å²) in [7, 11) is 0. The lowest BCUT2D eigenvalue weighted by molar-refractivity contribution is -0.144. The summed E-state index contributed by atoms with van der Waals surface area (Å²) in [4.78, 5) is 5.64. The van der Waals surface area contributed by atoms with Gasteiger partial charge in [0, 0.05) is 5.69 Å². The van der Waals surface area contributed by atoms with E-state index < -0.39 is 12.0 Å². The normalized spacial score (nSPS) is 12.3. The molecule has 0 radical (unpaired) electrons. The third-order valence-corrected chi connectivity index (χ3v) is 2.14. The van der Waals surface area contributed by atoms with Gasteiger partial charge in [0.1, 0.15) is 0 Å². The molecule has 0 spiro atoms. The van der Waals surface area contributed by atoms with Crippen molar-refractivity contribution in [2.24, 2.45) is 0 Å². The van der Waals surface area contributed by atoms with Gasteiger partial charge in [0.15, 0.2) is 0 Å². The number of alkyl halides is 3. The summed E-state index contributed by atoms with van der Waals surface area (Å²) < 4.78 is 36.9. The Morgan fingerprint density at radius 1 is 1.33 bits per heavy atom. The Morgan fingerprint density at radius 3 is 2.60 bits per heavy atom. The molecule has 0 unspecified atom stereocenters. The molecule has 0 aliphatic rings. The summed E-state index contributed by atoms with van der Waals surface area (Å²) >= 11 is 0. The Morgan fingerprint density at radius 2 is 2.00 bits per heavy atom. The van der Waals surface area contributed by atoms with Crippen LogP contribution < -0.4 is 5.73 Å². The van der Waals surface area contributed by atoms with Crippen LogP contribution in [0.15, 0.2) is 12.1 Å². The van der Waals surface area contributed by atoms with Gasteiger partial charge in [0.2, 0.25) is 5.82 Å². The number of nitrogens with zero attached hydrogens (tertiary/aromatic N) is 1. The van der Waals surface area contributed by atoms with E-state index in [-0.39, 0.29) is 5.52 Å². The number of nitrogens with two attached hydrogens (primary N) is 1. The highest BCUT2D eigenvalue weighted by Gasteiger charge is 2.34. The number of hydrogen-bond acceptors (Lipinski definition) is 2. The number of benzene rings is 1. The van der Waals surface area contributed by atoms with E-state index in [1.807, 2.05) is 0 Å². The molecule has 0 bridgehead atoms. The van der Waals surface area contributed by atoms with Crippen LogP contribution in [0.5, 0.6) is 0 Å². The molecule has 15 heavy (non-hydrogen) atoms. The Kier molecular flexibility index (Phi) is 1.89. The molecule has 0 fully saturated rings. The second-order valence-corrected chi connectivity index (χ2v) is 3.31. The van der Waals surface area contributed by atoms with E-state index >= 15 is 0 Å². The minimum absolute atomic E-state index is 0.227. The molecule has 2 rings (SSSR count). The van der Waals surface area contributed by atoms with Crippen LogP contribution in [0.25, 0.3) is 11.0 Å². The number of H-pyrrole nitrogens is 1. The van der Waals surface area contributed by atoms with Gasteiger partial charge < -0.3 is 10.7 Å². The molecule has 0 atom stereocenters. The van der Waals surface area contributed by atoms with Crippen molar-refractivity contribution in [1.82, 2.24) is 9.97 Å². The maximum absolute atomic E-state index is 12.3. The van der Waals surface area contributed by atoms with Crippen molar-refractivity contribution < 1.29 is 13.2 Å². The number of imidazole rings is 1. The highest BCUT2D eigenvalue weighted by atomic mass is 19.4. The van der Waals surface area contributed by atoms with Crippen molar-refractivity contribution in [2.75, 3.05) is 5.73 Å². The molecule has 3 N–H and O–H groups in total. The molecule has 1 aromatic heterocycles. The average molecular weight is 215 g/mol. The molecule has 0 saturated heterocycles. The van der Waals surface area contributed by atoms with Gasteiger partial charge in [-0.25, -0.2) is 4.98 Å². The number of fused-ring (bicyclic) bond motifs is 1. The van der Waals surface area contributed by atoms with Crippen molar-refractivity contribution in [3.8, 4) is 0 Å². The molecule has 1 aromatic carbocycles. The van der Waals surface area contributed by atoms with Crippen molar-refractivity contribution in [1.29, 1.82) is 0 Å². The largest absolute Gasteiger partial charge is 0.449 e. The first kappa shape index (κ1) is 9.82. The molecule has 1 heterocycles. The molecular weight excluding hydrogens is 207 g/mol. The van der Waals surface area contributed by atoms with E-state index in [9.17, 15) is 13.2 Å². The first-order valence-electron chi connectivity index (χ1n) is 4.21. The topological polar surface area (TPSA) is 54.7 Å². The summed E-state index contributed by atoms with van der Waals surface area (Å²) in [6.45, 7) is 1.73. The number of aromatic amines is 1. The second kappa shape index (κ2) is 2.88. The van der Waals surface area contributed by atoms with Crippen molar-refractivity contribution in [3.63, 3.8) is 0 Å². The van der Waals surface area contributed by atoms with Gasteiger partial charge in [-0.1, -0.05) is 0 Å². The maximum atomic E-state index is 12.3. The third-order valence-electron chi connectivity index (χ3n) is 2.14. The highest BCUT2D eigenvalue weighted by Crippen LogP contribution is 2.29. The fourth-order valence-corrected chi connectivity index (χ4v) is 1.32. The number of aromatic nitrogens is 2. The smallest absolute Gasteiger partial charge is 0.398 e. The Balaban J connectivity index is 2.66. The molecule has 80 valence electrons. The van der Waals surface area contributed by atoms with E-state index in [0.29, 0.717) is 11.2 Å². The fourth-order valence-electron chi connectivity index (χ4n) is 1.32. The van der Waals surface area contributed by atoms with E-state index in [2.05, 4.69) is 9.97 Å². The van der Waals surface area contributed by atoms with Gasteiger partial charge in [-0.2, -0.15) is 13.2 Å². The Hall–Kier alpha value is -1.72. The van der Waals surface area contributed by atoms with Crippen LogP contribution >= 0.6 is 0 Å². The van der Waals surface area contributed by atoms with Crippen LogP contribution in [0.4, 0.5) is 18.9 Å². The molecular formula is C9H8F3N3. The first-order chi connectivity index (χ1) is 6.88. The summed E-state index contributed by atoms with van der Waals surface area (Å²) in [5.74, 6) is -0.998. The van der Waals surface area contributed by atoms with Crippen LogP contribution in [0.1, 0.15) is 11.4 Å². The number of anilines is 1. The monoisotopic (exact) mass is 215 g/mol. The standard InChI is InChI=1S/C9H8F3N3/c1-4-2-6-7(3-5(4)13)15-8(14-6)9(10,11)12/h2-3H,13H2,1H3,(H,14,15). The number of hydrogen-bond donors (Lipinski definition) is 2. The Bertz CT molecular complexity index is 474. The zero-order valence-electron chi connectivity index (χ0n) is 7.81. The van der Waals surface area contributed by atoms with E-state index in [0.717, 1.165) is 5.56 Å². The van der Waals surface area contributed by atoms with Crippen LogP contribution in [-0.4, -0.2) is 9.97 Å². The lowest BCUT2D eigenvalue weighted by Gasteiger charge is -1.99. The zero-order chi connectivity index (χ0) is 11.2. The van der Waals surface area contributed by atoms with Crippen molar-refractivity contribution in [3.05, 3.63) is 23.5 Å². The van der Waals surface area contributed by atoms with E-state index in [4.69, 9.17) is 5.73 Å². The lowest BCUT2D eigenvalue weighted by atomic mass is 10.2. The molecule has 6 heteroatoms. The number of rotatable bonds is 0. The number of halogens is 3. The average Bonchev–Trinajstić information content (AvgIpc) is 2.47. The van der Waals surface area contributed by atoms with Crippen molar-refractivity contribution >= 4 is 16.7 Å². The minimum Gasteiger partial charge on any atom is -0.398 e. The van der Waals surface area contributed by atoms with Crippen LogP contribution in [-0.2, 0) is 6.18 Å². The summed E-state index contributed by atoms with van der Waals surface area (Å²) in [5.41, 5.74) is 7.29. The maximum Gasteiger partial charge on any atom is 0.449 e. The van der Waals surface area contributed by atoms with Crippen molar-refractivity contribution in [2.45, 2.75) is 13.1 Å². The lowest BCUT2D eigenvalue weighted by Crippen LogP contribution is -2.06. The first-order valence-corrected chi connectivity index (χ1v) is 4.21. The fraction of sp³-hybridized carbons (Fsp3) is 0.222. The zero-order valence-corrected chi connectivity index (χ0v) is 7.81. The van der Waals surface area contributed by atoms with Gasteiger partial charge >= 0.3 is 6.18 Å². The molecule has 2 aromatic rings. The van der Waals surface area contributed by atoms with Gasteiger partial charge in [-0.05, 0) is 24.6 Å². The van der Waals surface area contributed by atoms with Gasteiger partial charge in [-0.3, -0.25) is 0 Å². The summed E-state index contributed by atoms with van der Waals surface area (Å²) in [5, 5.41) is 0. The minimum atomic E-state index is -4.46. The number of nitrogens with one attached hydrogen (secondary N) is 1. The van der Waals surface area contributed by atoms with Gasteiger partial charge in [0.25, 0.3) is 0 Å². The van der Waals surface area contributed by atoms with E-state index in [1.54, 1.807) is 13.0 Å². The molecule has 0 amide bonds. The van der Waals surface area contributed by atoms with E-state index in [1.165, 1.54) is 6.07 Å². The number of aryl methyl sites for hydroxylation is 1.